The van der Waals surface area contributed by atoms with Gasteiger partial charge < -0.3 is 9.26 Å². The van der Waals surface area contributed by atoms with E-state index in [1.54, 1.807) is 19.2 Å². The van der Waals surface area contributed by atoms with Crippen LogP contribution in [0.3, 0.4) is 0 Å². The van der Waals surface area contributed by atoms with Gasteiger partial charge in [-0.25, -0.2) is 4.98 Å². The molecule has 0 aliphatic carbocycles. The molecule has 0 unspecified atom stereocenters. The van der Waals surface area contributed by atoms with E-state index in [1.807, 2.05) is 36.4 Å². The fourth-order valence-electron chi connectivity index (χ4n) is 2.69. The second-order valence-electron chi connectivity index (χ2n) is 6.05. The van der Waals surface area contributed by atoms with E-state index in [0.717, 1.165) is 16.8 Å². The van der Waals surface area contributed by atoms with Crippen LogP contribution in [0.5, 0.6) is 5.88 Å². The Balaban J connectivity index is 1.69. The molecule has 0 aliphatic rings. The minimum absolute atomic E-state index is 0.409. The van der Waals surface area contributed by atoms with E-state index in [9.17, 15) is 0 Å². The van der Waals surface area contributed by atoms with E-state index in [1.165, 1.54) is 5.56 Å². The summed E-state index contributed by atoms with van der Waals surface area (Å²) < 4.78 is 10.9. The molecule has 134 valence electrons. The van der Waals surface area contributed by atoms with Crippen LogP contribution >= 0.6 is 11.6 Å². The molecule has 0 bridgehead atoms. The molecule has 0 N–H and O–H groups in total. The van der Waals surface area contributed by atoms with E-state index in [4.69, 9.17) is 20.9 Å². The Morgan fingerprint density at radius 1 is 0.852 bits per heavy atom. The number of hydrogen-bond acceptors (Lipinski definition) is 5. The van der Waals surface area contributed by atoms with Crippen molar-refractivity contribution in [2.75, 3.05) is 7.11 Å². The molecule has 0 amide bonds. The largest absolute Gasteiger partial charge is 0.480 e. The highest BCUT2D eigenvalue weighted by atomic mass is 35.5. The zero-order valence-electron chi connectivity index (χ0n) is 14.8. The predicted octanol–water partition coefficient (Wildman–Crippen LogP) is 5.44. The molecule has 0 spiro atoms. The van der Waals surface area contributed by atoms with Crippen LogP contribution in [0.25, 0.3) is 34.1 Å². The molecule has 2 aromatic carbocycles. The van der Waals surface area contributed by atoms with Crippen molar-refractivity contribution in [2.45, 2.75) is 6.92 Å². The Labute approximate surface area is 161 Å². The first-order valence-electron chi connectivity index (χ1n) is 8.36. The van der Waals surface area contributed by atoms with Crippen LogP contribution in [-0.2, 0) is 0 Å². The van der Waals surface area contributed by atoms with E-state index < -0.39 is 0 Å². The van der Waals surface area contributed by atoms with Gasteiger partial charge in [-0.05, 0) is 43.3 Å². The fourth-order valence-corrected chi connectivity index (χ4v) is 2.82. The van der Waals surface area contributed by atoms with Gasteiger partial charge in [-0.1, -0.05) is 46.6 Å². The molecule has 6 heteroatoms. The molecule has 4 aromatic rings. The normalized spacial score (nSPS) is 10.8. The van der Waals surface area contributed by atoms with Crippen LogP contribution in [-0.4, -0.2) is 22.2 Å². The molecule has 0 atom stereocenters. The van der Waals surface area contributed by atoms with E-state index in [2.05, 4.69) is 34.2 Å². The molecule has 0 aliphatic heterocycles. The number of rotatable bonds is 4. The lowest BCUT2D eigenvalue weighted by atomic mass is 10.1. The van der Waals surface area contributed by atoms with Gasteiger partial charge in [0.15, 0.2) is 0 Å². The molecule has 0 saturated carbocycles. The molecule has 2 aromatic heterocycles. The van der Waals surface area contributed by atoms with Crippen molar-refractivity contribution in [2.24, 2.45) is 0 Å². The van der Waals surface area contributed by atoms with Crippen molar-refractivity contribution in [1.29, 1.82) is 0 Å². The average molecular weight is 378 g/mol. The number of nitrogens with zero attached hydrogens (tertiary/aromatic N) is 3. The molecule has 5 nitrogen and oxygen atoms in total. The first-order valence-corrected chi connectivity index (χ1v) is 8.74. The van der Waals surface area contributed by atoms with E-state index in [-0.39, 0.29) is 0 Å². The number of methoxy groups -OCH3 is 1. The van der Waals surface area contributed by atoms with E-state index >= 15 is 0 Å². The maximum Gasteiger partial charge on any atom is 0.258 e. The lowest BCUT2D eigenvalue weighted by Crippen LogP contribution is -1.95. The van der Waals surface area contributed by atoms with Gasteiger partial charge in [0.1, 0.15) is 0 Å². The number of aromatic nitrogens is 3. The van der Waals surface area contributed by atoms with Crippen molar-refractivity contribution in [3.63, 3.8) is 0 Å². The van der Waals surface area contributed by atoms with Crippen molar-refractivity contribution in [3.05, 3.63) is 71.2 Å². The first-order chi connectivity index (χ1) is 13.1. The van der Waals surface area contributed by atoms with Crippen LogP contribution in [0.4, 0.5) is 0 Å². The van der Waals surface area contributed by atoms with Crippen LogP contribution in [0.1, 0.15) is 5.56 Å². The maximum absolute atomic E-state index is 5.92. The average Bonchev–Trinajstić information content (AvgIpc) is 3.18. The van der Waals surface area contributed by atoms with Gasteiger partial charge in [0.25, 0.3) is 5.89 Å². The molecule has 0 radical (unpaired) electrons. The van der Waals surface area contributed by atoms with Crippen molar-refractivity contribution < 1.29 is 9.26 Å². The maximum atomic E-state index is 5.92. The van der Waals surface area contributed by atoms with Crippen molar-refractivity contribution in [3.8, 4) is 40.0 Å². The van der Waals surface area contributed by atoms with Crippen LogP contribution < -0.4 is 4.74 Å². The molecular weight excluding hydrogens is 362 g/mol. The summed E-state index contributed by atoms with van der Waals surface area (Å²) in [5, 5.41) is 4.72. The lowest BCUT2D eigenvalue weighted by Gasteiger charge is -2.07. The van der Waals surface area contributed by atoms with Gasteiger partial charge >= 0.3 is 0 Å². The third kappa shape index (κ3) is 3.55. The third-order valence-corrected chi connectivity index (χ3v) is 4.41. The van der Waals surface area contributed by atoms with E-state index in [0.29, 0.717) is 28.2 Å². The topological polar surface area (TPSA) is 61.0 Å². The number of aryl methyl sites for hydroxylation is 1. The SMILES string of the molecule is COc1nc(-c2ccc(C)cc2)ccc1-c1noc(-c2ccc(Cl)cc2)n1. The number of hydrogen-bond donors (Lipinski definition) is 0. The molecule has 0 saturated heterocycles. The van der Waals surface area contributed by atoms with Gasteiger partial charge in [0.2, 0.25) is 11.7 Å². The Morgan fingerprint density at radius 2 is 1.56 bits per heavy atom. The second kappa shape index (κ2) is 7.21. The zero-order valence-corrected chi connectivity index (χ0v) is 15.6. The Kier molecular flexibility index (Phi) is 4.60. The Morgan fingerprint density at radius 3 is 2.26 bits per heavy atom. The quantitative estimate of drug-likeness (QED) is 0.474. The fraction of sp³-hybridized carbons (Fsp3) is 0.0952. The number of halogens is 1. The Bertz CT molecular complexity index is 1070. The monoisotopic (exact) mass is 377 g/mol. The highest BCUT2D eigenvalue weighted by molar-refractivity contribution is 6.30. The Hall–Kier alpha value is -3.18. The van der Waals surface area contributed by atoms with Gasteiger partial charge in [-0.2, -0.15) is 4.98 Å². The van der Waals surface area contributed by atoms with Gasteiger partial charge in [-0.3, -0.25) is 0 Å². The predicted molar refractivity (Wildman–Crippen MR) is 105 cm³/mol. The standard InChI is InChI=1S/C21H16ClN3O2/c1-13-3-5-14(6-4-13)18-12-11-17(21(23-18)26-2)19-24-20(27-25-19)15-7-9-16(22)10-8-15/h3-12H,1-2H3. The molecule has 4 rings (SSSR count). The third-order valence-electron chi connectivity index (χ3n) is 4.16. The summed E-state index contributed by atoms with van der Waals surface area (Å²) in [7, 11) is 1.57. The summed E-state index contributed by atoms with van der Waals surface area (Å²) >= 11 is 5.92. The summed E-state index contributed by atoms with van der Waals surface area (Å²) in [4.78, 5) is 9.06. The molecular formula is C21H16ClN3O2. The summed E-state index contributed by atoms with van der Waals surface area (Å²) in [6.45, 7) is 2.05. The van der Waals surface area contributed by atoms with Crippen LogP contribution in [0.15, 0.2) is 65.2 Å². The van der Waals surface area contributed by atoms with Gasteiger partial charge in [-0.15, -0.1) is 0 Å². The lowest BCUT2D eigenvalue weighted by molar-refractivity contribution is 0.398. The van der Waals surface area contributed by atoms with Crippen LogP contribution in [0, 0.1) is 6.92 Å². The smallest absolute Gasteiger partial charge is 0.258 e. The molecule has 0 fully saturated rings. The number of pyridine rings is 1. The van der Waals surface area contributed by atoms with Gasteiger partial charge in [0, 0.05) is 16.1 Å². The summed E-state index contributed by atoms with van der Waals surface area (Å²) in [6, 6.07) is 19.2. The highest BCUT2D eigenvalue weighted by Crippen LogP contribution is 2.31. The minimum atomic E-state index is 0.409. The van der Waals surface area contributed by atoms with Crippen molar-refractivity contribution in [1.82, 2.24) is 15.1 Å². The number of ether oxygens (including phenoxy) is 1. The minimum Gasteiger partial charge on any atom is -0.480 e. The summed E-state index contributed by atoms with van der Waals surface area (Å²) in [6.07, 6.45) is 0. The first kappa shape index (κ1) is 17.2. The molecule has 2 heterocycles. The highest BCUT2D eigenvalue weighted by Gasteiger charge is 2.16. The van der Waals surface area contributed by atoms with Crippen LogP contribution in [0.2, 0.25) is 5.02 Å². The molecule has 27 heavy (non-hydrogen) atoms. The number of benzene rings is 2. The second-order valence-corrected chi connectivity index (χ2v) is 6.49. The zero-order chi connectivity index (χ0) is 18.8. The van der Waals surface area contributed by atoms with Crippen molar-refractivity contribution >= 4 is 11.6 Å². The summed E-state index contributed by atoms with van der Waals surface area (Å²) in [5.74, 6) is 1.27. The summed E-state index contributed by atoms with van der Waals surface area (Å²) in [5.41, 5.74) is 4.49. The van der Waals surface area contributed by atoms with Gasteiger partial charge in [0.05, 0.1) is 18.4 Å².